The summed E-state index contributed by atoms with van der Waals surface area (Å²) >= 11 is 0. The third-order valence-electron chi connectivity index (χ3n) is 6.40. The molecule has 2 heterocycles. The van der Waals surface area contributed by atoms with E-state index in [2.05, 4.69) is 26.1 Å². The maximum absolute atomic E-state index is 6.44. The van der Waals surface area contributed by atoms with Crippen molar-refractivity contribution in [3.8, 4) is 0 Å². The molecule has 5 rings (SSSR count). The fourth-order valence-electron chi connectivity index (χ4n) is 5.01. The Labute approximate surface area is 122 Å². The van der Waals surface area contributed by atoms with Gasteiger partial charge in [-0.2, -0.15) is 0 Å². The van der Waals surface area contributed by atoms with Crippen LogP contribution < -0.4 is 5.32 Å². The zero-order valence-corrected chi connectivity index (χ0v) is 13.0. The van der Waals surface area contributed by atoms with Crippen LogP contribution in [0.1, 0.15) is 46.5 Å². The number of rotatable bonds is 1. The molecule has 108 valence electrons. The molecular formula is C14H25BClNO2. The summed E-state index contributed by atoms with van der Waals surface area (Å²) in [5.41, 5.74) is 0.416. The SMILES string of the molecule is CC1(C)[C@H]2C[C@H]3OB([C@H]4CCCN4)O[C@]3(C)[C@H]1C2.Cl. The third-order valence-corrected chi connectivity index (χ3v) is 6.40. The first-order chi connectivity index (χ1) is 8.52. The Hall–Kier alpha value is 0.235. The summed E-state index contributed by atoms with van der Waals surface area (Å²) in [5, 5.41) is 3.52. The van der Waals surface area contributed by atoms with Gasteiger partial charge in [-0.25, -0.2) is 0 Å². The van der Waals surface area contributed by atoms with Crippen molar-refractivity contribution < 1.29 is 9.31 Å². The zero-order chi connectivity index (χ0) is 12.5. The van der Waals surface area contributed by atoms with Gasteiger partial charge in [0.05, 0.1) is 11.7 Å². The molecule has 2 aliphatic heterocycles. The molecular weight excluding hydrogens is 260 g/mol. The molecule has 3 nitrogen and oxygen atoms in total. The van der Waals surface area contributed by atoms with E-state index in [0.717, 1.165) is 12.5 Å². The first-order valence-corrected chi connectivity index (χ1v) is 7.58. The molecule has 0 radical (unpaired) electrons. The number of nitrogens with one attached hydrogen (secondary N) is 1. The summed E-state index contributed by atoms with van der Waals surface area (Å²) in [5.74, 6) is 1.95. The lowest BCUT2D eigenvalue weighted by Crippen LogP contribution is -2.65. The predicted octanol–water partition coefficient (Wildman–Crippen LogP) is 2.43. The molecule has 5 fully saturated rings. The van der Waals surface area contributed by atoms with Crippen LogP contribution in [-0.4, -0.2) is 31.3 Å². The monoisotopic (exact) mass is 285 g/mol. The summed E-state index contributed by atoms with van der Waals surface area (Å²) in [6, 6.07) is 0. The number of hydrogen-bond donors (Lipinski definition) is 1. The first kappa shape index (κ1) is 14.2. The molecule has 0 unspecified atom stereocenters. The Morgan fingerprint density at radius 1 is 1.21 bits per heavy atom. The van der Waals surface area contributed by atoms with E-state index >= 15 is 0 Å². The van der Waals surface area contributed by atoms with Crippen molar-refractivity contribution in [2.75, 3.05) is 6.54 Å². The van der Waals surface area contributed by atoms with Crippen LogP contribution >= 0.6 is 12.4 Å². The van der Waals surface area contributed by atoms with E-state index in [1.54, 1.807) is 0 Å². The maximum atomic E-state index is 6.44. The Kier molecular flexibility index (Phi) is 3.26. The molecule has 0 amide bonds. The van der Waals surface area contributed by atoms with E-state index in [1.807, 2.05) is 0 Å². The number of halogens is 1. The summed E-state index contributed by atoms with van der Waals surface area (Å²) in [7, 11) is -0.00218. The normalized spacial score (nSPS) is 50.4. The van der Waals surface area contributed by atoms with Gasteiger partial charge in [-0.05, 0) is 56.4 Å². The molecule has 19 heavy (non-hydrogen) atoms. The predicted molar refractivity (Wildman–Crippen MR) is 78.4 cm³/mol. The maximum Gasteiger partial charge on any atom is 0.475 e. The molecule has 2 bridgehead atoms. The van der Waals surface area contributed by atoms with Gasteiger partial charge in [0.1, 0.15) is 0 Å². The molecule has 3 saturated carbocycles. The minimum absolute atomic E-state index is 0. The molecule has 0 aromatic heterocycles. The van der Waals surface area contributed by atoms with E-state index < -0.39 is 0 Å². The van der Waals surface area contributed by atoms with Crippen molar-refractivity contribution in [1.29, 1.82) is 0 Å². The standard InChI is InChI=1S/C14H24BNO2.ClH/c1-13(2)9-7-10(13)14(3)11(8-9)17-15(18-14)12-5-4-6-16-12;/h9-12,16H,4-8H2,1-3H3;1H/t9-,10+,11-,12-,14-;/m1./s1. The molecule has 0 spiro atoms. The van der Waals surface area contributed by atoms with Crippen LogP contribution in [0.2, 0.25) is 0 Å². The summed E-state index contributed by atoms with van der Waals surface area (Å²) < 4.78 is 12.7. The first-order valence-electron chi connectivity index (χ1n) is 7.58. The second-order valence-corrected chi connectivity index (χ2v) is 7.54. The lowest BCUT2D eigenvalue weighted by Gasteiger charge is -2.64. The average molecular weight is 286 g/mol. The lowest BCUT2D eigenvalue weighted by molar-refractivity contribution is -0.199. The van der Waals surface area contributed by atoms with E-state index in [9.17, 15) is 0 Å². The Morgan fingerprint density at radius 3 is 2.63 bits per heavy atom. The smallest absolute Gasteiger partial charge is 0.404 e. The van der Waals surface area contributed by atoms with Crippen molar-refractivity contribution in [2.24, 2.45) is 17.3 Å². The van der Waals surface area contributed by atoms with Gasteiger partial charge in [-0.3, -0.25) is 0 Å². The minimum atomic E-state index is -0.0345. The Bertz CT molecular complexity index is 374. The summed E-state index contributed by atoms with van der Waals surface area (Å²) in [4.78, 5) is 0. The van der Waals surface area contributed by atoms with Gasteiger partial charge >= 0.3 is 7.12 Å². The highest BCUT2D eigenvalue weighted by Crippen LogP contribution is 2.65. The summed E-state index contributed by atoms with van der Waals surface area (Å²) in [6.07, 6.45) is 5.33. The quantitative estimate of drug-likeness (QED) is 0.751. The molecule has 1 N–H and O–H groups in total. The van der Waals surface area contributed by atoms with Crippen molar-refractivity contribution in [3.05, 3.63) is 0 Å². The van der Waals surface area contributed by atoms with Crippen molar-refractivity contribution in [1.82, 2.24) is 5.32 Å². The van der Waals surface area contributed by atoms with Gasteiger partial charge in [-0.1, -0.05) is 13.8 Å². The zero-order valence-electron chi connectivity index (χ0n) is 12.1. The highest BCUT2D eigenvalue weighted by Gasteiger charge is 2.68. The number of hydrogen-bond acceptors (Lipinski definition) is 3. The topological polar surface area (TPSA) is 30.5 Å². The van der Waals surface area contributed by atoms with E-state index in [1.165, 1.54) is 25.7 Å². The molecule has 5 aliphatic rings. The largest absolute Gasteiger partial charge is 0.475 e. The fourth-order valence-corrected chi connectivity index (χ4v) is 5.01. The van der Waals surface area contributed by atoms with Gasteiger partial charge < -0.3 is 14.6 Å². The molecule has 2 saturated heterocycles. The highest BCUT2D eigenvalue weighted by molar-refractivity contribution is 6.47. The van der Waals surface area contributed by atoms with Gasteiger partial charge in [0, 0.05) is 5.94 Å². The van der Waals surface area contributed by atoms with Crippen LogP contribution in [0.4, 0.5) is 0 Å². The second kappa shape index (κ2) is 4.36. The minimum Gasteiger partial charge on any atom is -0.404 e. The Morgan fingerprint density at radius 2 is 2.00 bits per heavy atom. The molecule has 0 aromatic carbocycles. The lowest BCUT2D eigenvalue weighted by atomic mass is 9.43. The van der Waals surface area contributed by atoms with Crippen molar-refractivity contribution in [3.63, 3.8) is 0 Å². The third kappa shape index (κ3) is 1.76. The fraction of sp³-hybridized carbons (Fsp3) is 1.00. The summed E-state index contributed by atoms with van der Waals surface area (Å²) in [6.45, 7) is 8.25. The Balaban J connectivity index is 0.00000110. The van der Waals surface area contributed by atoms with E-state index in [-0.39, 0.29) is 25.1 Å². The van der Waals surface area contributed by atoms with Gasteiger partial charge in [0.2, 0.25) is 0 Å². The van der Waals surface area contributed by atoms with Crippen LogP contribution in [0, 0.1) is 17.3 Å². The van der Waals surface area contributed by atoms with Crippen LogP contribution in [-0.2, 0) is 9.31 Å². The van der Waals surface area contributed by atoms with Gasteiger partial charge in [-0.15, -0.1) is 12.4 Å². The van der Waals surface area contributed by atoms with Crippen LogP contribution in [0.15, 0.2) is 0 Å². The molecule has 5 heteroatoms. The second-order valence-electron chi connectivity index (χ2n) is 7.54. The van der Waals surface area contributed by atoms with Crippen molar-refractivity contribution in [2.45, 2.75) is 64.1 Å². The van der Waals surface area contributed by atoms with Gasteiger partial charge in [0.25, 0.3) is 0 Å². The van der Waals surface area contributed by atoms with Crippen LogP contribution in [0.5, 0.6) is 0 Å². The average Bonchev–Trinajstić information content (AvgIpc) is 2.92. The van der Waals surface area contributed by atoms with Crippen molar-refractivity contribution >= 4 is 19.5 Å². The van der Waals surface area contributed by atoms with Crippen LogP contribution in [0.25, 0.3) is 0 Å². The van der Waals surface area contributed by atoms with Gasteiger partial charge in [0.15, 0.2) is 0 Å². The van der Waals surface area contributed by atoms with E-state index in [0.29, 0.717) is 23.4 Å². The highest BCUT2D eigenvalue weighted by atomic mass is 35.5. The molecule has 5 atom stereocenters. The molecule has 0 aromatic rings. The molecule has 3 aliphatic carbocycles. The van der Waals surface area contributed by atoms with Crippen LogP contribution in [0.3, 0.4) is 0 Å². The van der Waals surface area contributed by atoms with E-state index in [4.69, 9.17) is 9.31 Å².